The molecule has 2 aliphatic rings. The van der Waals surface area contributed by atoms with E-state index in [0.717, 1.165) is 13.2 Å². The fourth-order valence-corrected chi connectivity index (χ4v) is 2.13. The van der Waals surface area contributed by atoms with Crippen molar-refractivity contribution in [3.8, 4) is 0 Å². The lowest BCUT2D eigenvalue weighted by Gasteiger charge is -2.26. The standard InChI is InChI=1S/C10H20N2O/c1-9-6-11(2)4-3-5-12(9)7-10-8-13-10/h9-10H,3-8H2,1-2H3. The largest absolute Gasteiger partial charge is 0.372 e. The molecule has 2 heterocycles. The van der Waals surface area contributed by atoms with Crippen LogP contribution in [0.15, 0.2) is 0 Å². The molecule has 0 aromatic carbocycles. The van der Waals surface area contributed by atoms with Gasteiger partial charge in [0.15, 0.2) is 0 Å². The highest BCUT2D eigenvalue weighted by atomic mass is 16.6. The Morgan fingerprint density at radius 2 is 2.15 bits per heavy atom. The van der Waals surface area contributed by atoms with E-state index in [-0.39, 0.29) is 0 Å². The summed E-state index contributed by atoms with van der Waals surface area (Å²) in [6, 6.07) is 0.691. The first-order chi connectivity index (χ1) is 6.25. The first-order valence-electron chi connectivity index (χ1n) is 5.30. The molecule has 2 rings (SSSR count). The fraction of sp³-hybridized carbons (Fsp3) is 1.00. The van der Waals surface area contributed by atoms with E-state index < -0.39 is 0 Å². The van der Waals surface area contributed by atoms with Crippen molar-refractivity contribution in [1.82, 2.24) is 9.80 Å². The van der Waals surface area contributed by atoms with Crippen LogP contribution in [0.1, 0.15) is 13.3 Å². The lowest BCUT2D eigenvalue weighted by Crippen LogP contribution is -2.39. The summed E-state index contributed by atoms with van der Waals surface area (Å²) in [5.41, 5.74) is 0. The Morgan fingerprint density at radius 3 is 2.85 bits per heavy atom. The molecule has 13 heavy (non-hydrogen) atoms. The normalized spacial score (nSPS) is 37.4. The van der Waals surface area contributed by atoms with Crippen LogP contribution < -0.4 is 0 Å². The van der Waals surface area contributed by atoms with Crippen molar-refractivity contribution in [1.29, 1.82) is 0 Å². The van der Waals surface area contributed by atoms with Crippen molar-refractivity contribution in [3.63, 3.8) is 0 Å². The highest BCUT2D eigenvalue weighted by molar-refractivity contribution is 4.81. The third-order valence-corrected chi connectivity index (χ3v) is 3.02. The van der Waals surface area contributed by atoms with Gasteiger partial charge >= 0.3 is 0 Å². The van der Waals surface area contributed by atoms with Gasteiger partial charge in [-0.2, -0.15) is 0 Å². The minimum Gasteiger partial charge on any atom is -0.372 e. The molecule has 0 amide bonds. The van der Waals surface area contributed by atoms with E-state index in [2.05, 4.69) is 23.8 Å². The lowest BCUT2D eigenvalue weighted by atomic mass is 10.2. The Kier molecular flexibility index (Phi) is 2.86. The quantitative estimate of drug-likeness (QED) is 0.579. The SMILES string of the molecule is CC1CN(C)CCCN1CC1CO1. The van der Waals surface area contributed by atoms with Gasteiger partial charge in [0.05, 0.1) is 12.7 Å². The average molecular weight is 184 g/mol. The van der Waals surface area contributed by atoms with E-state index in [4.69, 9.17) is 4.74 Å². The molecule has 76 valence electrons. The molecule has 0 radical (unpaired) electrons. The second-order valence-corrected chi connectivity index (χ2v) is 4.42. The van der Waals surface area contributed by atoms with Crippen LogP contribution in [0.25, 0.3) is 0 Å². The van der Waals surface area contributed by atoms with E-state index in [1.54, 1.807) is 0 Å². The Hall–Kier alpha value is -0.120. The molecule has 3 heteroatoms. The van der Waals surface area contributed by atoms with Gasteiger partial charge < -0.3 is 9.64 Å². The Morgan fingerprint density at radius 1 is 1.38 bits per heavy atom. The maximum atomic E-state index is 5.27. The Balaban J connectivity index is 1.84. The van der Waals surface area contributed by atoms with Crippen LogP contribution in [-0.2, 0) is 4.74 Å². The summed E-state index contributed by atoms with van der Waals surface area (Å²) in [5.74, 6) is 0. The van der Waals surface area contributed by atoms with Crippen LogP contribution >= 0.6 is 0 Å². The van der Waals surface area contributed by atoms with Crippen LogP contribution in [0.2, 0.25) is 0 Å². The first-order valence-corrected chi connectivity index (χ1v) is 5.30. The number of ether oxygens (including phenoxy) is 1. The molecule has 2 aliphatic heterocycles. The smallest absolute Gasteiger partial charge is 0.0936 e. The molecular formula is C10H20N2O. The number of likely N-dealkylation sites (N-methyl/N-ethyl adjacent to an activating group) is 1. The number of epoxide rings is 1. The zero-order valence-electron chi connectivity index (χ0n) is 8.70. The van der Waals surface area contributed by atoms with Crippen LogP contribution in [0.5, 0.6) is 0 Å². The predicted octanol–water partition coefficient (Wildman–Crippen LogP) is 0.411. The van der Waals surface area contributed by atoms with Crippen molar-refractivity contribution in [2.75, 3.05) is 39.8 Å². The highest BCUT2D eigenvalue weighted by Gasteiger charge is 2.28. The van der Waals surface area contributed by atoms with Crippen molar-refractivity contribution in [2.24, 2.45) is 0 Å². The van der Waals surface area contributed by atoms with Crippen molar-refractivity contribution in [2.45, 2.75) is 25.5 Å². The second kappa shape index (κ2) is 3.95. The zero-order valence-corrected chi connectivity index (χ0v) is 8.70. The Labute approximate surface area is 80.6 Å². The highest BCUT2D eigenvalue weighted by Crippen LogP contribution is 2.15. The summed E-state index contributed by atoms with van der Waals surface area (Å²) in [6.45, 7) is 8.14. The van der Waals surface area contributed by atoms with Gasteiger partial charge in [-0.15, -0.1) is 0 Å². The number of rotatable bonds is 2. The van der Waals surface area contributed by atoms with E-state index in [1.807, 2.05) is 0 Å². The topological polar surface area (TPSA) is 19.0 Å². The summed E-state index contributed by atoms with van der Waals surface area (Å²) < 4.78 is 5.27. The molecule has 3 nitrogen and oxygen atoms in total. The third kappa shape index (κ3) is 2.66. The average Bonchev–Trinajstić information content (AvgIpc) is 2.85. The van der Waals surface area contributed by atoms with Gasteiger partial charge in [0, 0.05) is 19.1 Å². The monoisotopic (exact) mass is 184 g/mol. The minimum atomic E-state index is 0.547. The molecule has 0 aromatic heterocycles. The molecule has 0 saturated carbocycles. The van der Waals surface area contributed by atoms with Gasteiger partial charge in [-0.3, -0.25) is 4.90 Å². The maximum absolute atomic E-state index is 5.27. The molecule has 2 saturated heterocycles. The number of nitrogens with zero attached hydrogens (tertiary/aromatic N) is 2. The molecule has 0 N–H and O–H groups in total. The molecule has 0 spiro atoms. The summed E-state index contributed by atoms with van der Waals surface area (Å²) in [5, 5.41) is 0. The van der Waals surface area contributed by atoms with E-state index in [9.17, 15) is 0 Å². The van der Waals surface area contributed by atoms with Gasteiger partial charge in [0.25, 0.3) is 0 Å². The van der Waals surface area contributed by atoms with Gasteiger partial charge in [-0.25, -0.2) is 0 Å². The molecule has 0 bridgehead atoms. The van der Waals surface area contributed by atoms with E-state index in [1.165, 1.54) is 26.1 Å². The van der Waals surface area contributed by atoms with Crippen LogP contribution in [-0.4, -0.2) is 61.8 Å². The maximum Gasteiger partial charge on any atom is 0.0936 e. The zero-order chi connectivity index (χ0) is 9.26. The van der Waals surface area contributed by atoms with Crippen molar-refractivity contribution >= 4 is 0 Å². The molecular weight excluding hydrogens is 164 g/mol. The molecule has 2 fully saturated rings. The lowest BCUT2D eigenvalue weighted by molar-refractivity contribution is 0.185. The fourth-order valence-electron chi connectivity index (χ4n) is 2.13. The van der Waals surface area contributed by atoms with E-state index in [0.29, 0.717) is 12.1 Å². The van der Waals surface area contributed by atoms with Crippen molar-refractivity contribution in [3.05, 3.63) is 0 Å². The van der Waals surface area contributed by atoms with Crippen LogP contribution in [0.3, 0.4) is 0 Å². The van der Waals surface area contributed by atoms with Crippen LogP contribution in [0, 0.1) is 0 Å². The second-order valence-electron chi connectivity index (χ2n) is 4.42. The van der Waals surface area contributed by atoms with Gasteiger partial charge in [-0.1, -0.05) is 0 Å². The van der Waals surface area contributed by atoms with Gasteiger partial charge in [0.2, 0.25) is 0 Å². The first kappa shape index (κ1) is 9.44. The molecule has 0 aliphatic carbocycles. The number of hydrogen-bond acceptors (Lipinski definition) is 3. The molecule has 2 atom stereocenters. The molecule has 0 aromatic rings. The summed E-state index contributed by atoms with van der Waals surface area (Å²) in [7, 11) is 2.22. The number of hydrogen-bond donors (Lipinski definition) is 0. The van der Waals surface area contributed by atoms with Gasteiger partial charge in [-0.05, 0) is 33.5 Å². The Bertz CT molecular complexity index is 170. The van der Waals surface area contributed by atoms with Gasteiger partial charge in [0.1, 0.15) is 0 Å². The molecule has 2 unspecified atom stereocenters. The summed E-state index contributed by atoms with van der Waals surface area (Å²) >= 11 is 0. The summed E-state index contributed by atoms with van der Waals surface area (Å²) in [4.78, 5) is 5.00. The third-order valence-electron chi connectivity index (χ3n) is 3.02. The minimum absolute atomic E-state index is 0.547. The predicted molar refractivity (Wildman–Crippen MR) is 52.9 cm³/mol. The van der Waals surface area contributed by atoms with Crippen molar-refractivity contribution < 1.29 is 4.74 Å². The van der Waals surface area contributed by atoms with Crippen LogP contribution in [0.4, 0.5) is 0 Å². The summed E-state index contributed by atoms with van der Waals surface area (Å²) in [6.07, 6.45) is 1.85. The van der Waals surface area contributed by atoms with E-state index >= 15 is 0 Å².